The summed E-state index contributed by atoms with van der Waals surface area (Å²) in [4.78, 5) is 47.2. The number of fused-ring (bicyclic) bond motifs is 3. The van der Waals surface area contributed by atoms with Gasteiger partial charge in [0.1, 0.15) is 5.92 Å². The first-order valence-corrected chi connectivity index (χ1v) is 12.5. The number of methoxy groups -OCH3 is 2. The third-order valence-electron chi connectivity index (χ3n) is 8.09. The molecule has 1 unspecified atom stereocenters. The van der Waals surface area contributed by atoms with E-state index in [1.54, 1.807) is 42.5 Å². The zero-order chi connectivity index (χ0) is 27.0. The molecule has 4 atom stereocenters. The second kappa shape index (κ2) is 9.82. The van der Waals surface area contributed by atoms with Crippen LogP contribution in [0.5, 0.6) is 0 Å². The molecule has 192 valence electrons. The number of aromatic nitrogens is 2. The Kier molecular flexibility index (Phi) is 6.53. The highest BCUT2D eigenvalue weighted by atomic mass is 16.5. The van der Waals surface area contributed by atoms with Gasteiger partial charge in [0.25, 0.3) is 0 Å². The lowest BCUT2D eigenvalue weighted by Crippen LogP contribution is -2.53. The van der Waals surface area contributed by atoms with E-state index in [9.17, 15) is 19.6 Å². The minimum absolute atomic E-state index is 0.0478. The summed E-state index contributed by atoms with van der Waals surface area (Å²) in [5.41, 5.74) is 3.33. The monoisotopic (exact) mass is 509 g/mol. The van der Waals surface area contributed by atoms with Crippen molar-refractivity contribution in [3.63, 3.8) is 0 Å². The van der Waals surface area contributed by atoms with Gasteiger partial charge in [0.2, 0.25) is 0 Å². The number of Topliss-reactive ketones (excluding diaryl/α,β-unsaturated/α-hetero) is 1. The lowest BCUT2D eigenvalue weighted by atomic mass is 9.51. The molecule has 2 aliphatic rings. The summed E-state index contributed by atoms with van der Waals surface area (Å²) in [5, 5.41) is 9.97. The van der Waals surface area contributed by atoms with Crippen LogP contribution in [0.4, 0.5) is 0 Å². The van der Waals surface area contributed by atoms with E-state index in [1.807, 2.05) is 19.2 Å². The summed E-state index contributed by atoms with van der Waals surface area (Å²) in [6, 6.07) is 16.3. The molecule has 2 aliphatic carbocycles. The Hall–Kier alpha value is -4.38. The molecule has 3 aromatic rings. The number of carbonyl (C=O) groups excluding carboxylic acids is 3. The van der Waals surface area contributed by atoms with Gasteiger partial charge in [0.15, 0.2) is 11.6 Å². The maximum absolute atomic E-state index is 13.2. The van der Waals surface area contributed by atoms with Crippen molar-refractivity contribution in [3.05, 3.63) is 82.7 Å². The van der Waals surface area contributed by atoms with Crippen LogP contribution in [0.2, 0.25) is 0 Å². The summed E-state index contributed by atoms with van der Waals surface area (Å²) in [7, 11) is 2.67. The third kappa shape index (κ3) is 3.95. The Balaban J connectivity index is 1.72. The van der Waals surface area contributed by atoms with Crippen molar-refractivity contribution >= 4 is 17.7 Å². The average Bonchev–Trinajstić information content (AvgIpc) is 2.97. The smallest absolute Gasteiger partial charge is 0.337 e. The normalized spacial score (nSPS) is 23.9. The van der Waals surface area contributed by atoms with E-state index in [1.165, 1.54) is 14.2 Å². The van der Waals surface area contributed by atoms with Gasteiger partial charge in [0, 0.05) is 23.1 Å². The lowest BCUT2D eigenvalue weighted by molar-refractivity contribution is -0.131. The lowest BCUT2D eigenvalue weighted by Gasteiger charge is -2.51. The largest absolute Gasteiger partial charge is 0.465 e. The Morgan fingerprint density at radius 1 is 1.05 bits per heavy atom. The van der Waals surface area contributed by atoms with E-state index in [2.05, 4.69) is 11.1 Å². The molecule has 1 aromatic heterocycles. The molecule has 38 heavy (non-hydrogen) atoms. The van der Waals surface area contributed by atoms with Crippen molar-refractivity contribution in [2.75, 3.05) is 14.2 Å². The highest BCUT2D eigenvalue weighted by molar-refractivity contribution is 5.91. The van der Waals surface area contributed by atoms with Crippen LogP contribution in [0.3, 0.4) is 0 Å². The van der Waals surface area contributed by atoms with E-state index >= 15 is 0 Å². The van der Waals surface area contributed by atoms with Crippen LogP contribution in [-0.4, -0.2) is 41.9 Å². The number of carbonyl (C=O) groups is 3. The number of nitriles is 1. The van der Waals surface area contributed by atoms with Crippen LogP contribution in [0.1, 0.15) is 57.3 Å². The first-order chi connectivity index (χ1) is 18.3. The van der Waals surface area contributed by atoms with Gasteiger partial charge in [-0.05, 0) is 60.6 Å². The molecule has 1 heterocycles. The fourth-order valence-corrected chi connectivity index (χ4v) is 6.20. The molecule has 0 amide bonds. The van der Waals surface area contributed by atoms with Gasteiger partial charge < -0.3 is 9.47 Å². The third-order valence-corrected chi connectivity index (χ3v) is 8.09. The van der Waals surface area contributed by atoms with Gasteiger partial charge in [-0.25, -0.2) is 19.6 Å². The number of nitrogens with zero attached hydrogens (tertiary/aromatic N) is 3. The topological polar surface area (TPSA) is 119 Å². The van der Waals surface area contributed by atoms with Crippen molar-refractivity contribution in [1.29, 1.82) is 5.26 Å². The van der Waals surface area contributed by atoms with Crippen LogP contribution in [-0.2, 0) is 26.1 Å². The van der Waals surface area contributed by atoms with E-state index in [-0.39, 0.29) is 24.0 Å². The minimum Gasteiger partial charge on any atom is -0.465 e. The molecule has 1 fully saturated rings. The number of hydrogen-bond donors (Lipinski definition) is 0. The Labute approximate surface area is 220 Å². The Bertz CT molecular complexity index is 1480. The number of ether oxygens (including phenoxy) is 2. The fourth-order valence-electron chi connectivity index (χ4n) is 6.20. The molecule has 0 radical (unpaired) electrons. The van der Waals surface area contributed by atoms with Crippen molar-refractivity contribution in [2.45, 2.75) is 31.6 Å². The van der Waals surface area contributed by atoms with Gasteiger partial charge in [-0.15, -0.1) is 0 Å². The van der Waals surface area contributed by atoms with E-state index in [0.29, 0.717) is 23.4 Å². The summed E-state index contributed by atoms with van der Waals surface area (Å²) < 4.78 is 9.76. The number of ketones is 1. The van der Waals surface area contributed by atoms with Gasteiger partial charge >= 0.3 is 11.9 Å². The van der Waals surface area contributed by atoms with E-state index in [4.69, 9.17) is 14.5 Å². The van der Waals surface area contributed by atoms with Gasteiger partial charge in [-0.3, -0.25) is 4.79 Å². The summed E-state index contributed by atoms with van der Waals surface area (Å²) in [6.45, 7) is 1.90. The molecule has 0 spiro atoms. The van der Waals surface area contributed by atoms with Gasteiger partial charge in [-0.2, -0.15) is 5.26 Å². The van der Waals surface area contributed by atoms with Crippen LogP contribution < -0.4 is 0 Å². The number of aryl methyl sites for hydroxylation is 1. The Morgan fingerprint density at radius 2 is 1.76 bits per heavy atom. The summed E-state index contributed by atoms with van der Waals surface area (Å²) in [6.07, 6.45) is 3.52. The average molecular weight is 510 g/mol. The first-order valence-electron chi connectivity index (χ1n) is 12.5. The van der Waals surface area contributed by atoms with Crippen LogP contribution in [0.15, 0.2) is 54.7 Å². The molecular weight excluding hydrogens is 482 g/mol. The predicted molar refractivity (Wildman–Crippen MR) is 137 cm³/mol. The van der Waals surface area contributed by atoms with Gasteiger partial charge in [-0.1, -0.05) is 31.2 Å². The quantitative estimate of drug-likeness (QED) is 0.477. The van der Waals surface area contributed by atoms with Crippen molar-refractivity contribution in [3.8, 4) is 17.5 Å². The zero-order valence-corrected chi connectivity index (χ0v) is 21.4. The maximum Gasteiger partial charge on any atom is 0.337 e. The zero-order valence-electron chi connectivity index (χ0n) is 21.4. The van der Waals surface area contributed by atoms with E-state index < -0.39 is 23.3 Å². The highest BCUT2D eigenvalue weighted by Crippen LogP contribution is 2.56. The SMILES string of the molecule is COC(=O)c1ccc(-c2ncc3c(n2)[C@@]2(c4cccc(C(=O)OC)c4)CC(C#N)C(=O)[C@@H](C)[C@@H]2CC3)cc1. The predicted octanol–water partition coefficient (Wildman–Crippen LogP) is 4.31. The minimum atomic E-state index is -0.799. The molecule has 0 N–H and O–H groups in total. The number of hydrogen-bond acceptors (Lipinski definition) is 8. The van der Waals surface area contributed by atoms with Crippen LogP contribution in [0, 0.1) is 29.1 Å². The molecule has 0 bridgehead atoms. The number of rotatable bonds is 4. The highest BCUT2D eigenvalue weighted by Gasteiger charge is 2.56. The molecular formula is C30H27N3O5. The van der Waals surface area contributed by atoms with Crippen molar-refractivity contribution in [1.82, 2.24) is 9.97 Å². The summed E-state index contributed by atoms with van der Waals surface area (Å²) in [5.74, 6) is -1.73. The Morgan fingerprint density at radius 3 is 2.45 bits per heavy atom. The van der Waals surface area contributed by atoms with Crippen molar-refractivity contribution < 1.29 is 23.9 Å². The molecule has 0 aliphatic heterocycles. The number of benzene rings is 2. The maximum atomic E-state index is 13.2. The second-order valence-corrected chi connectivity index (χ2v) is 9.90. The van der Waals surface area contributed by atoms with Crippen LogP contribution in [0.25, 0.3) is 11.4 Å². The van der Waals surface area contributed by atoms with Crippen molar-refractivity contribution in [2.24, 2.45) is 17.8 Å². The standard InChI is InChI=1S/C30H27N3O5/c1-17-24-12-11-21-16-32-27(18-7-9-19(10-8-18)28(35)37-2)33-26(21)30(24,14-22(15-31)25(17)34)23-6-4-5-20(13-23)29(36)38-3/h4-10,13,16-17,22,24H,11-12,14H2,1-3H3/t17-,22?,24-,30+/m0/s1. The first kappa shape index (κ1) is 25.3. The fraction of sp³-hybridized carbons (Fsp3) is 0.333. The molecule has 1 saturated carbocycles. The molecule has 8 nitrogen and oxygen atoms in total. The van der Waals surface area contributed by atoms with Crippen LogP contribution >= 0.6 is 0 Å². The second-order valence-electron chi connectivity index (χ2n) is 9.90. The molecule has 0 saturated heterocycles. The summed E-state index contributed by atoms with van der Waals surface area (Å²) >= 11 is 0. The molecule has 2 aromatic carbocycles. The number of esters is 2. The molecule has 8 heteroatoms. The van der Waals surface area contributed by atoms with Gasteiger partial charge in [0.05, 0.1) is 37.1 Å². The molecule has 5 rings (SSSR count). The van der Waals surface area contributed by atoms with E-state index in [0.717, 1.165) is 28.8 Å².